The zero-order valence-corrected chi connectivity index (χ0v) is 12.8. The van der Waals surface area contributed by atoms with Gasteiger partial charge in [-0.1, -0.05) is 17.7 Å². The molecule has 7 nitrogen and oxygen atoms in total. The Morgan fingerprint density at radius 1 is 1.30 bits per heavy atom. The maximum Gasteiger partial charge on any atom is 0.270 e. The highest BCUT2D eigenvalue weighted by Gasteiger charge is 2.10. The van der Waals surface area contributed by atoms with Crippen LogP contribution >= 0.6 is 11.6 Å². The molecule has 0 atom stereocenters. The third-order valence-electron chi connectivity index (χ3n) is 3.13. The van der Waals surface area contributed by atoms with Crippen LogP contribution in [0.4, 0.5) is 5.69 Å². The fraction of sp³-hybridized carbons (Fsp3) is 0.200. The monoisotopic (exact) mass is 335 g/mol. The van der Waals surface area contributed by atoms with Gasteiger partial charge in [0.25, 0.3) is 17.2 Å². The van der Waals surface area contributed by atoms with Crippen molar-refractivity contribution in [3.8, 4) is 0 Å². The molecule has 23 heavy (non-hydrogen) atoms. The summed E-state index contributed by atoms with van der Waals surface area (Å²) in [4.78, 5) is 33.6. The van der Waals surface area contributed by atoms with Crippen LogP contribution in [0.15, 0.2) is 47.4 Å². The lowest BCUT2D eigenvalue weighted by Crippen LogP contribution is -2.26. The van der Waals surface area contributed by atoms with E-state index in [4.69, 9.17) is 11.6 Å². The van der Waals surface area contributed by atoms with E-state index in [0.29, 0.717) is 24.5 Å². The lowest BCUT2D eigenvalue weighted by Gasteiger charge is -2.07. The summed E-state index contributed by atoms with van der Waals surface area (Å²) in [5.74, 6) is -0.396. The van der Waals surface area contributed by atoms with Gasteiger partial charge in [-0.15, -0.1) is 0 Å². The summed E-state index contributed by atoms with van der Waals surface area (Å²) in [6.07, 6.45) is 2.06. The Morgan fingerprint density at radius 3 is 2.83 bits per heavy atom. The van der Waals surface area contributed by atoms with E-state index in [-0.39, 0.29) is 16.8 Å². The van der Waals surface area contributed by atoms with Crippen molar-refractivity contribution in [1.29, 1.82) is 0 Å². The zero-order chi connectivity index (χ0) is 16.8. The quantitative estimate of drug-likeness (QED) is 0.497. The van der Waals surface area contributed by atoms with Crippen molar-refractivity contribution < 1.29 is 9.72 Å². The van der Waals surface area contributed by atoms with E-state index < -0.39 is 10.8 Å². The van der Waals surface area contributed by atoms with Gasteiger partial charge in [-0.25, -0.2) is 0 Å². The number of nitrogens with one attached hydrogen (secondary N) is 1. The maximum atomic E-state index is 11.9. The molecule has 1 aromatic carbocycles. The van der Waals surface area contributed by atoms with Crippen LogP contribution in [0.3, 0.4) is 0 Å². The van der Waals surface area contributed by atoms with Gasteiger partial charge in [-0.3, -0.25) is 19.7 Å². The SMILES string of the molecule is O=C(NCCCn1cc(Cl)ccc1=O)c1cccc([N+](=O)[O-])c1. The number of hydrogen-bond acceptors (Lipinski definition) is 4. The Balaban J connectivity index is 1.88. The predicted octanol–water partition coefficient (Wildman–Crippen LogP) is 2.23. The number of carbonyl (C=O) groups is 1. The molecule has 1 N–H and O–H groups in total. The summed E-state index contributed by atoms with van der Waals surface area (Å²) >= 11 is 5.82. The van der Waals surface area contributed by atoms with Crippen LogP contribution in [0, 0.1) is 10.1 Å². The minimum Gasteiger partial charge on any atom is -0.352 e. The highest BCUT2D eigenvalue weighted by atomic mass is 35.5. The van der Waals surface area contributed by atoms with E-state index in [1.54, 1.807) is 0 Å². The molecule has 8 heteroatoms. The number of pyridine rings is 1. The number of halogens is 1. The lowest BCUT2D eigenvalue weighted by atomic mass is 10.2. The van der Waals surface area contributed by atoms with Crippen molar-refractivity contribution in [3.63, 3.8) is 0 Å². The maximum absolute atomic E-state index is 11.9. The minimum absolute atomic E-state index is 0.136. The smallest absolute Gasteiger partial charge is 0.270 e. The van der Waals surface area contributed by atoms with Gasteiger partial charge in [-0.2, -0.15) is 0 Å². The fourth-order valence-electron chi connectivity index (χ4n) is 1.99. The molecule has 120 valence electrons. The number of aromatic nitrogens is 1. The first-order valence-electron chi connectivity index (χ1n) is 6.86. The van der Waals surface area contributed by atoms with Gasteiger partial charge in [0, 0.05) is 43.0 Å². The summed E-state index contributed by atoms with van der Waals surface area (Å²) in [5.41, 5.74) is -0.0818. The second-order valence-electron chi connectivity index (χ2n) is 4.80. The third kappa shape index (κ3) is 4.65. The Hall–Kier alpha value is -2.67. The van der Waals surface area contributed by atoms with Crippen molar-refractivity contribution in [2.45, 2.75) is 13.0 Å². The molecule has 0 aliphatic heterocycles. The van der Waals surface area contributed by atoms with E-state index in [0.717, 1.165) is 0 Å². The van der Waals surface area contributed by atoms with Gasteiger partial charge in [-0.05, 0) is 18.6 Å². The van der Waals surface area contributed by atoms with E-state index in [1.807, 2.05) is 0 Å². The van der Waals surface area contributed by atoms with Crippen molar-refractivity contribution in [1.82, 2.24) is 9.88 Å². The number of nitrogens with zero attached hydrogens (tertiary/aromatic N) is 2. The normalized spacial score (nSPS) is 10.3. The van der Waals surface area contributed by atoms with Gasteiger partial charge in [0.2, 0.25) is 0 Å². The zero-order valence-electron chi connectivity index (χ0n) is 12.1. The third-order valence-corrected chi connectivity index (χ3v) is 3.35. The molecule has 1 amide bonds. The van der Waals surface area contributed by atoms with Gasteiger partial charge in [0.15, 0.2) is 0 Å². The fourth-order valence-corrected chi connectivity index (χ4v) is 2.17. The van der Waals surface area contributed by atoms with Crippen molar-refractivity contribution in [2.75, 3.05) is 6.54 Å². The van der Waals surface area contributed by atoms with Crippen molar-refractivity contribution in [2.24, 2.45) is 0 Å². The number of non-ortho nitro benzene ring substituents is 1. The van der Waals surface area contributed by atoms with Crippen molar-refractivity contribution in [3.05, 3.63) is 73.6 Å². The summed E-state index contributed by atoms with van der Waals surface area (Å²) in [5, 5.41) is 13.8. The Kier molecular flexibility index (Phi) is 5.48. The molecule has 0 aliphatic carbocycles. The molecular weight excluding hydrogens is 322 g/mol. The summed E-state index contributed by atoms with van der Waals surface area (Å²) in [7, 11) is 0. The lowest BCUT2D eigenvalue weighted by molar-refractivity contribution is -0.384. The molecule has 0 radical (unpaired) electrons. The Bertz CT molecular complexity index is 788. The highest BCUT2D eigenvalue weighted by Crippen LogP contribution is 2.12. The van der Waals surface area contributed by atoms with Gasteiger partial charge < -0.3 is 9.88 Å². The first-order valence-corrected chi connectivity index (χ1v) is 7.24. The number of rotatable bonds is 6. The van der Waals surface area contributed by atoms with E-state index in [9.17, 15) is 19.7 Å². The number of carbonyl (C=O) groups excluding carboxylic acids is 1. The first-order chi connectivity index (χ1) is 11.0. The molecule has 2 aromatic rings. The van der Waals surface area contributed by atoms with Crippen LogP contribution in [0.1, 0.15) is 16.8 Å². The second-order valence-corrected chi connectivity index (χ2v) is 5.23. The van der Waals surface area contributed by atoms with Gasteiger partial charge >= 0.3 is 0 Å². The Morgan fingerprint density at radius 2 is 2.09 bits per heavy atom. The van der Waals surface area contributed by atoms with Gasteiger partial charge in [0.05, 0.1) is 9.95 Å². The van der Waals surface area contributed by atoms with Crippen LogP contribution in [0.5, 0.6) is 0 Å². The topological polar surface area (TPSA) is 94.2 Å². The first kappa shape index (κ1) is 16.7. The molecule has 2 rings (SSSR count). The average Bonchev–Trinajstić information content (AvgIpc) is 2.54. The van der Waals surface area contributed by atoms with Crippen LogP contribution < -0.4 is 10.9 Å². The minimum atomic E-state index is -0.553. The van der Waals surface area contributed by atoms with Crippen LogP contribution in [0.25, 0.3) is 0 Å². The molecule has 1 heterocycles. The standard InChI is InChI=1S/C15H14ClN3O4/c16-12-5-6-14(20)18(10-12)8-2-7-17-15(21)11-3-1-4-13(9-11)19(22)23/h1,3-6,9-10H,2,7-8H2,(H,17,21). The number of amides is 1. The molecule has 0 saturated heterocycles. The van der Waals surface area contributed by atoms with Crippen molar-refractivity contribution >= 4 is 23.2 Å². The van der Waals surface area contributed by atoms with Crippen LogP contribution in [-0.4, -0.2) is 21.9 Å². The number of benzene rings is 1. The predicted molar refractivity (Wildman–Crippen MR) is 85.8 cm³/mol. The highest BCUT2D eigenvalue weighted by molar-refractivity contribution is 6.30. The largest absolute Gasteiger partial charge is 0.352 e. The Labute approximate surface area is 136 Å². The number of hydrogen-bond donors (Lipinski definition) is 1. The average molecular weight is 336 g/mol. The number of aryl methyl sites for hydroxylation is 1. The summed E-state index contributed by atoms with van der Waals surface area (Å²) in [6, 6.07) is 8.40. The molecule has 0 saturated carbocycles. The van der Waals surface area contributed by atoms with Crippen LogP contribution in [0.2, 0.25) is 5.02 Å². The number of nitro benzene ring substituents is 1. The van der Waals surface area contributed by atoms with Gasteiger partial charge in [0.1, 0.15) is 0 Å². The molecule has 0 bridgehead atoms. The molecule has 1 aromatic heterocycles. The van der Waals surface area contributed by atoms with E-state index in [2.05, 4.69) is 5.32 Å². The molecule has 0 unspecified atom stereocenters. The van der Waals surface area contributed by atoms with E-state index >= 15 is 0 Å². The van der Waals surface area contributed by atoms with Crippen LogP contribution in [-0.2, 0) is 6.54 Å². The molecular formula is C15H14ClN3O4. The molecule has 0 aliphatic rings. The summed E-state index contributed by atoms with van der Waals surface area (Å²) < 4.78 is 1.46. The number of nitro groups is 1. The van der Waals surface area contributed by atoms with E-state index in [1.165, 1.54) is 47.2 Å². The molecule has 0 fully saturated rings. The summed E-state index contributed by atoms with van der Waals surface area (Å²) in [6.45, 7) is 0.745. The molecule has 0 spiro atoms. The second kappa shape index (κ2) is 7.55.